The van der Waals surface area contributed by atoms with E-state index >= 15 is 0 Å². The zero-order chi connectivity index (χ0) is 11.5. The maximum atomic E-state index is 11.4. The minimum atomic E-state index is -4.02. The first-order chi connectivity index (χ1) is 6.95. The summed E-state index contributed by atoms with van der Waals surface area (Å²) in [6.07, 6.45) is -1.06. The minimum Gasteiger partial charge on any atom is -0.449 e. The van der Waals surface area contributed by atoms with E-state index in [0.29, 0.717) is 11.3 Å². The molecule has 3 N–H and O–H groups in total. The van der Waals surface area contributed by atoms with Gasteiger partial charge in [-0.2, -0.15) is 8.42 Å². The molecular formula is C5H8N4O4S2. The smallest absolute Gasteiger partial charge is 0.421 e. The zero-order valence-corrected chi connectivity index (χ0v) is 9.26. The van der Waals surface area contributed by atoms with Gasteiger partial charge in [0.05, 0.1) is 6.61 Å². The molecule has 0 saturated carbocycles. The molecule has 1 rings (SSSR count). The number of carbonyl (C=O) groups excluding carboxylic acids is 1. The number of hydrogen-bond donors (Lipinski definition) is 2. The van der Waals surface area contributed by atoms with Gasteiger partial charge >= 0.3 is 6.09 Å². The summed E-state index contributed by atoms with van der Waals surface area (Å²) in [5.41, 5.74) is 5.20. The van der Waals surface area contributed by atoms with Crippen LogP contribution in [0.3, 0.4) is 0 Å². The molecule has 8 nitrogen and oxygen atoms in total. The van der Waals surface area contributed by atoms with Gasteiger partial charge in [-0.15, -0.1) is 10.2 Å². The summed E-state index contributed by atoms with van der Waals surface area (Å²) in [6.45, 7) is 1.62. The van der Waals surface area contributed by atoms with Gasteiger partial charge in [-0.25, -0.2) is 9.52 Å². The summed E-state index contributed by atoms with van der Waals surface area (Å²) in [5.74, 6) is 0. The number of nitrogens with zero attached hydrogens (tertiary/aromatic N) is 2. The summed E-state index contributed by atoms with van der Waals surface area (Å²) < 4.78 is 28.4. The van der Waals surface area contributed by atoms with Crippen LogP contribution in [0.2, 0.25) is 0 Å². The first-order valence-corrected chi connectivity index (χ1v) is 6.04. The number of carbonyl (C=O) groups is 1. The first kappa shape index (κ1) is 11.7. The molecule has 10 heteroatoms. The summed E-state index contributed by atoms with van der Waals surface area (Å²) >= 11 is 0.652. The average molecular weight is 252 g/mol. The van der Waals surface area contributed by atoms with Gasteiger partial charge in [0, 0.05) is 0 Å². The zero-order valence-electron chi connectivity index (χ0n) is 7.63. The summed E-state index contributed by atoms with van der Waals surface area (Å²) in [6, 6.07) is 0. The fourth-order valence-corrected chi connectivity index (χ4v) is 2.32. The van der Waals surface area contributed by atoms with Gasteiger partial charge in [0.15, 0.2) is 0 Å². The number of nitrogens with two attached hydrogens (primary N) is 1. The number of hydrogen-bond acceptors (Lipinski definition) is 8. The van der Waals surface area contributed by atoms with Crippen molar-refractivity contribution in [2.45, 2.75) is 11.3 Å². The number of aromatic nitrogens is 2. The quantitative estimate of drug-likeness (QED) is 0.746. The van der Waals surface area contributed by atoms with Crippen LogP contribution in [0.5, 0.6) is 0 Å². The van der Waals surface area contributed by atoms with Crippen LogP contribution >= 0.6 is 11.3 Å². The second-order valence-corrected chi connectivity index (χ2v) is 5.10. The van der Waals surface area contributed by atoms with Gasteiger partial charge in [0.25, 0.3) is 14.4 Å². The van der Waals surface area contributed by atoms with Crippen molar-refractivity contribution in [2.75, 3.05) is 12.3 Å². The third kappa shape index (κ3) is 3.02. The molecule has 0 aromatic carbocycles. The van der Waals surface area contributed by atoms with Crippen molar-refractivity contribution in [3.63, 3.8) is 0 Å². The number of sulfonamides is 1. The van der Waals surface area contributed by atoms with Gasteiger partial charge in [-0.1, -0.05) is 11.3 Å². The molecule has 0 fully saturated rings. The van der Waals surface area contributed by atoms with Gasteiger partial charge in [0.1, 0.15) is 0 Å². The summed E-state index contributed by atoms with van der Waals surface area (Å²) in [7, 11) is -4.02. The summed E-state index contributed by atoms with van der Waals surface area (Å²) in [5, 5.41) is 6.60. The highest BCUT2D eigenvalue weighted by Gasteiger charge is 2.22. The van der Waals surface area contributed by atoms with Crippen LogP contribution in [-0.2, 0) is 14.8 Å². The number of nitrogen functional groups attached to an aromatic ring is 1. The largest absolute Gasteiger partial charge is 0.449 e. The van der Waals surface area contributed by atoms with E-state index in [4.69, 9.17) is 5.73 Å². The molecule has 84 valence electrons. The van der Waals surface area contributed by atoms with Crippen LogP contribution in [0.25, 0.3) is 0 Å². The SMILES string of the molecule is CCOC(=O)NS(=O)(=O)c1nnc(N)s1. The lowest BCUT2D eigenvalue weighted by molar-refractivity contribution is 0.158. The molecule has 1 aromatic rings. The van der Waals surface area contributed by atoms with Crippen molar-refractivity contribution in [3.8, 4) is 0 Å². The Balaban J connectivity index is 2.81. The Morgan fingerprint density at radius 2 is 2.27 bits per heavy atom. The maximum absolute atomic E-state index is 11.4. The molecule has 0 aliphatic rings. The number of ether oxygens (including phenoxy) is 1. The minimum absolute atomic E-state index is 0.000709. The summed E-state index contributed by atoms with van der Waals surface area (Å²) in [4.78, 5) is 10.9. The normalized spacial score (nSPS) is 11.0. The van der Waals surface area contributed by atoms with Crippen molar-refractivity contribution in [3.05, 3.63) is 0 Å². The average Bonchev–Trinajstić information content (AvgIpc) is 2.51. The fraction of sp³-hybridized carbons (Fsp3) is 0.400. The van der Waals surface area contributed by atoms with Crippen LogP contribution in [0.1, 0.15) is 6.92 Å². The van der Waals surface area contributed by atoms with E-state index in [1.165, 1.54) is 0 Å². The van der Waals surface area contributed by atoms with Crippen molar-refractivity contribution >= 4 is 32.6 Å². The first-order valence-electron chi connectivity index (χ1n) is 3.74. The van der Waals surface area contributed by atoms with Crippen molar-refractivity contribution in [1.29, 1.82) is 0 Å². The number of amides is 1. The molecule has 0 saturated heterocycles. The fourth-order valence-electron chi connectivity index (χ4n) is 0.643. The third-order valence-electron chi connectivity index (χ3n) is 1.15. The molecular weight excluding hydrogens is 244 g/mol. The highest BCUT2D eigenvalue weighted by Crippen LogP contribution is 2.16. The van der Waals surface area contributed by atoms with Crippen molar-refractivity contribution in [2.24, 2.45) is 0 Å². The van der Waals surface area contributed by atoms with E-state index in [0.717, 1.165) is 0 Å². The van der Waals surface area contributed by atoms with Crippen molar-refractivity contribution in [1.82, 2.24) is 14.9 Å². The lowest BCUT2D eigenvalue weighted by Gasteiger charge is -2.02. The lowest BCUT2D eigenvalue weighted by Crippen LogP contribution is -2.31. The highest BCUT2D eigenvalue weighted by atomic mass is 32.2. The van der Waals surface area contributed by atoms with Gasteiger partial charge in [-0.3, -0.25) is 0 Å². The van der Waals surface area contributed by atoms with E-state index in [1.807, 2.05) is 0 Å². The second kappa shape index (κ2) is 4.40. The van der Waals surface area contributed by atoms with Crippen molar-refractivity contribution < 1.29 is 17.9 Å². The van der Waals surface area contributed by atoms with Crippen LogP contribution in [0, 0.1) is 0 Å². The van der Waals surface area contributed by atoms with Crippen LogP contribution in [-0.4, -0.2) is 31.3 Å². The Kier molecular flexibility index (Phi) is 3.42. The van der Waals surface area contributed by atoms with E-state index in [9.17, 15) is 13.2 Å². The molecule has 0 aliphatic heterocycles. The number of anilines is 1. The van der Waals surface area contributed by atoms with E-state index < -0.39 is 16.1 Å². The molecule has 0 unspecified atom stereocenters. The van der Waals surface area contributed by atoms with Crippen LogP contribution < -0.4 is 10.5 Å². The molecule has 1 heterocycles. The molecule has 0 spiro atoms. The van der Waals surface area contributed by atoms with Gasteiger partial charge < -0.3 is 10.5 Å². The monoisotopic (exact) mass is 252 g/mol. The topological polar surface area (TPSA) is 124 Å². The molecule has 0 bridgehead atoms. The third-order valence-corrected chi connectivity index (χ3v) is 3.58. The Hall–Kier alpha value is -1.42. The number of nitrogens with one attached hydrogen (secondary N) is 1. The molecule has 0 aliphatic carbocycles. The lowest BCUT2D eigenvalue weighted by atomic mass is 10.9. The Labute approximate surface area is 89.5 Å². The molecule has 1 aromatic heterocycles. The number of rotatable bonds is 3. The molecule has 0 radical (unpaired) electrons. The second-order valence-electron chi connectivity index (χ2n) is 2.23. The molecule has 15 heavy (non-hydrogen) atoms. The van der Waals surface area contributed by atoms with Gasteiger partial charge in [-0.05, 0) is 6.92 Å². The Morgan fingerprint density at radius 1 is 1.60 bits per heavy atom. The Morgan fingerprint density at radius 3 is 2.73 bits per heavy atom. The molecule has 0 atom stereocenters. The van der Waals surface area contributed by atoms with E-state index in [1.54, 1.807) is 11.6 Å². The standard InChI is InChI=1S/C5H8N4O4S2/c1-2-13-4(10)9-15(11,12)5-8-7-3(6)14-5/h2H2,1H3,(H2,6,7)(H,9,10). The van der Waals surface area contributed by atoms with E-state index in [2.05, 4.69) is 14.9 Å². The maximum Gasteiger partial charge on any atom is 0.421 e. The van der Waals surface area contributed by atoms with E-state index in [-0.39, 0.29) is 16.1 Å². The molecule has 1 amide bonds. The van der Waals surface area contributed by atoms with Crippen LogP contribution in [0.15, 0.2) is 4.34 Å². The Bertz CT molecular complexity index is 453. The highest BCUT2D eigenvalue weighted by molar-refractivity contribution is 7.92. The predicted molar refractivity (Wildman–Crippen MR) is 51.7 cm³/mol. The van der Waals surface area contributed by atoms with Gasteiger partial charge in [0.2, 0.25) is 5.13 Å². The predicted octanol–water partition coefficient (Wildman–Crippen LogP) is -0.445. The van der Waals surface area contributed by atoms with Crippen LogP contribution in [0.4, 0.5) is 9.93 Å².